The lowest BCUT2D eigenvalue weighted by Crippen LogP contribution is -2.23. The van der Waals surface area contributed by atoms with Crippen LogP contribution in [-0.4, -0.2) is 27.2 Å². The predicted molar refractivity (Wildman–Crippen MR) is 98.0 cm³/mol. The highest BCUT2D eigenvalue weighted by Crippen LogP contribution is 2.28. The fourth-order valence-electron chi connectivity index (χ4n) is 2.42. The van der Waals surface area contributed by atoms with Crippen molar-refractivity contribution >= 4 is 12.0 Å². The maximum Gasteiger partial charge on any atom is 0.247 e. The van der Waals surface area contributed by atoms with Crippen molar-refractivity contribution in [1.29, 1.82) is 0 Å². The lowest BCUT2D eigenvalue weighted by Gasteiger charge is -2.10. The minimum Gasteiger partial charge on any atom is -0.496 e. The molecular formula is C20H23NO4. The first-order valence-corrected chi connectivity index (χ1v) is 7.89. The molecule has 0 unspecified atom stereocenters. The van der Waals surface area contributed by atoms with Crippen LogP contribution in [-0.2, 0) is 11.3 Å². The van der Waals surface area contributed by atoms with Crippen molar-refractivity contribution in [2.45, 2.75) is 13.5 Å². The molecule has 2 aromatic carbocycles. The first-order valence-electron chi connectivity index (χ1n) is 7.89. The van der Waals surface area contributed by atoms with Gasteiger partial charge in [-0.15, -0.1) is 0 Å². The number of para-hydroxylation sites is 1. The summed E-state index contributed by atoms with van der Waals surface area (Å²) in [6.45, 7) is 2.17. The Labute approximate surface area is 148 Å². The van der Waals surface area contributed by atoms with Gasteiger partial charge in [0.05, 0.1) is 21.3 Å². The van der Waals surface area contributed by atoms with Crippen molar-refractivity contribution in [2.75, 3.05) is 21.3 Å². The van der Waals surface area contributed by atoms with Crippen LogP contribution in [0.2, 0.25) is 0 Å². The number of carbonyl (C=O) groups excluding carboxylic acids is 1. The summed E-state index contributed by atoms with van der Waals surface area (Å²) in [4.78, 5) is 12.3. The van der Waals surface area contributed by atoms with E-state index in [2.05, 4.69) is 5.32 Å². The summed E-state index contributed by atoms with van der Waals surface area (Å²) in [5.41, 5.74) is 2.39. The number of rotatable bonds is 7. The molecule has 1 amide bonds. The van der Waals surface area contributed by atoms with E-state index in [0.717, 1.165) is 16.9 Å². The second-order valence-electron chi connectivity index (χ2n) is 5.44. The molecule has 0 bridgehead atoms. The van der Waals surface area contributed by atoms with Crippen LogP contribution in [0.5, 0.6) is 17.2 Å². The predicted octanol–water partition coefficient (Wildman–Crippen LogP) is 3.43. The molecule has 0 aliphatic heterocycles. The standard InChI is InChI=1S/C20H23NO4/c1-14(11-15-9-10-18(24-3)19(12-15)25-4)20(22)21-13-16-7-5-6-8-17(16)23-2/h5-12H,13H2,1-4H3,(H,21,22)/b14-11+. The van der Waals surface area contributed by atoms with Crippen LogP contribution in [0.3, 0.4) is 0 Å². The highest BCUT2D eigenvalue weighted by Gasteiger charge is 2.08. The average Bonchev–Trinajstić information content (AvgIpc) is 2.65. The molecule has 0 radical (unpaired) electrons. The third-order valence-electron chi connectivity index (χ3n) is 3.78. The summed E-state index contributed by atoms with van der Waals surface area (Å²) >= 11 is 0. The van der Waals surface area contributed by atoms with Gasteiger partial charge in [-0.1, -0.05) is 24.3 Å². The number of nitrogens with one attached hydrogen (secondary N) is 1. The van der Waals surface area contributed by atoms with E-state index in [9.17, 15) is 4.79 Å². The van der Waals surface area contributed by atoms with Crippen LogP contribution >= 0.6 is 0 Å². The normalized spacial score (nSPS) is 11.0. The van der Waals surface area contributed by atoms with E-state index < -0.39 is 0 Å². The van der Waals surface area contributed by atoms with Gasteiger partial charge in [-0.3, -0.25) is 4.79 Å². The molecule has 132 valence electrons. The van der Waals surface area contributed by atoms with Crippen LogP contribution in [0.25, 0.3) is 6.08 Å². The van der Waals surface area contributed by atoms with Gasteiger partial charge in [-0.2, -0.15) is 0 Å². The monoisotopic (exact) mass is 341 g/mol. The quantitative estimate of drug-likeness (QED) is 0.784. The van der Waals surface area contributed by atoms with Crippen LogP contribution in [0.4, 0.5) is 0 Å². The molecule has 0 aliphatic carbocycles. The van der Waals surface area contributed by atoms with Crippen molar-refractivity contribution in [3.05, 3.63) is 59.2 Å². The number of carbonyl (C=O) groups is 1. The SMILES string of the molecule is COc1ccccc1CNC(=O)/C(C)=C/c1ccc(OC)c(OC)c1. The van der Waals surface area contributed by atoms with Crippen LogP contribution < -0.4 is 19.5 Å². The van der Waals surface area contributed by atoms with Gasteiger partial charge in [0, 0.05) is 17.7 Å². The third kappa shape index (κ3) is 4.76. The molecule has 0 saturated heterocycles. The molecule has 0 atom stereocenters. The Morgan fingerprint density at radius 1 is 0.960 bits per heavy atom. The van der Waals surface area contributed by atoms with Crippen molar-refractivity contribution in [1.82, 2.24) is 5.32 Å². The molecule has 25 heavy (non-hydrogen) atoms. The molecule has 0 aromatic heterocycles. The van der Waals surface area contributed by atoms with Crippen molar-refractivity contribution < 1.29 is 19.0 Å². The van der Waals surface area contributed by atoms with Crippen LogP contribution in [0, 0.1) is 0 Å². The van der Waals surface area contributed by atoms with Gasteiger partial charge in [0.15, 0.2) is 11.5 Å². The summed E-state index contributed by atoms with van der Waals surface area (Å²) in [6.07, 6.45) is 1.81. The van der Waals surface area contributed by atoms with E-state index in [0.29, 0.717) is 23.6 Å². The first-order chi connectivity index (χ1) is 12.1. The molecular weight excluding hydrogens is 318 g/mol. The average molecular weight is 341 g/mol. The molecule has 0 fully saturated rings. The number of methoxy groups -OCH3 is 3. The van der Waals surface area contributed by atoms with Gasteiger partial charge in [-0.25, -0.2) is 0 Å². The summed E-state index contributed by atoms with van der Waals surface area (Å²) < 4.78 is 15.8. The van der Waals surface area contributed by atoms with Gasteiger partial charge in [0.2, 0.25) is 5.91 Å². The Morgan fingerprint density at radius 3 is 2.32 bits per heavy atom. The summed E-state index contributed by atoms with van der Waals surface area (Å²) in [7, 11) is 4.78. The molecule has 1 N–H and O–H groups in total. The Kier molecular flexibility index (Phi) is 6.46. The second kappa shape index (κ2) is 8.78. The summed E-state index contributed by atoms with van der Waals surface area (Å²) in [5.74, 6) is 1.89. The Hall–Kier alpha value is -2.95. The van der Waals surface area contributed by atoms with Crippen LogP contribution in [0.15, 0.2) is 48.0 Å². The maximum atomic E-state index is 12.3. The number of amides is 1. The molecule has 0 heterocycles. The Balaban J connectivity index is 2.07. The summed E-state index contributed by atoms with van der Waals surface area (Å²) in [5, 5.41) is 2.90. The van der Waals surface area contributed by atoms with E-state index in [1.165, 1.54) is 0 Å². The highest BCUT2D eigenvalue weighted by atomic mass is 16.5. The lowest BCUT2D eigenvalue weighted by atomic mass is 10.1. The molecule has 2 rings (SSSR count). The van der Waals surface area contributed by atoms with E-state index >= 15 is 0 Å². The van der Waals surface area contributed by atoms with Crippen molar-refractivity contribution in [3.8, 4) is 17.2 Å². The number of hydrogen-bond acceptors (Lipinski definition) is 4. The van der Waals surface area contributed by atoms with Gasteiger partial charge >= 0.3 is 0 Å². The first kappa shape index (κ1) is 18.4. The van der Waals surface area contributed by atoms with Crippen molar-refractivity contribution in [3.63, 3.8) is 0 Å². The van der Waals surface area contributed by atoms with E-state index in [-0.39, 0.29) is 5.91 Å². The number of hydrogen-bond donors (Lipinski definition) is 1. The fourth-order valence-corrected chi connectivity index (χ4v) is 2.42. The highest BCUT2D eigenvalue weighted by molar-refractivity contribution is 5.97. The van der Waals surface area contributed by atoms with E-state index in [1.54, 1.807) is 34.3 Å². The summed E-state index contributed by atoms with van der Waals surface area (Å²) in [6, 6.07) is 13.1. The van der Waals surface area contributed by atoms with Gasteiger partial charge in [0.25, 0.3) is 0 Å². The number of benzene rings is 2. The third-order valence-corrected chi connectivity index (χ3v) is 3.78. The van der Waals surface area contributed by atoms with E-state index in [1.807, 2.05) is 42.5 Å². The molecule has 5 nitrogen and oxygen atoms in total. The second-order valence-corrected chi connectivity index (χ2v) is 5.44. The van der Waals surface area contributed by atoms with Crippen LogP contribution in [0.1, 0.15) is 18.1 Å². The van der Waals surface area contributed by atoms with Gasteiger partial charge < -0.3 is 19.5 Å². The zero-order chi connectivity index (χ0) is 18.2. The zero-order valence-corrected chi connectivity index (χ0v) is 15.0. The molecule has 0 saturated carbocycles. The minimum atomic E-state index is -0.138. The molecule has 0 spiro atoms. The number of ether oxygens (including phenoxy) is 3. The molecule has 5 heteroatoms. The topological polar surface area (TPSA) is 56.8 Å². The maximum absolute atomic E-state index is 12.3. The Bertz CT molecular complexity index is 768. The van der Waals surface area contributed by atoms with Crippen molar-refractivity contribution in [2.24, 2.45) is 0 Å². The van der Waals surface area contributed by atoms with Gasteiger partial charge in [0.1, 0.15) is 5.75 Å². The molecule has 2 aromatic rings. The molecule has 0 aliphatic rings. The Morgan fingerprint density at radius 2 is 1.64 bits per heavy atom. The minimum absolute atomic E-state index is 0.138. The smallest absolute Gasteiger partial charge is 0.247 e. The fraction of sp³-hybridized carbons (Fsp3) is 0.250. The van der Waals surface area contributed by atoms with Gasteiger partial charge in [-0.05, 0) is 36.8 Å². The van der Waals surface area contributed by atoms with E-state index in [4.69, 9.17) is 14.2 Å². The lowest BCUT2D eigenvalue weighted by molar-refractivity contribution is -0.117. The largest absolute Gasteiger partial charge is 0.496 e. The zero-order valence-electron chi connectivity index (χ0n) is 15.0.